The normalized spacial score (nSPS) is 24.2. The van der Waals surface area contributed by atoms with Gasteiger partial charge in [-0.05, 0) is 64.3 Å². The van der Waals surface area contributed by atoms with Crippen LogP contribution in [-0.2, 0) is 21.3 Å². The van der Waals surface area contributed by atoms with Crippen molar-refractivity contribution in [2.24, 2.45) is 9.98 Å². The molecule has 0 unspecified atom stereocenters. The summed E-state index contributed by atoms with van der Waals surface area (Å²) in [7, 11) is -2.26. The summed E-state index contributed by atoms with van der Waals surface area (Å²) in [5.74, 6) is -1.65. The quantitative estimate of drug-likeness (QED) is 0.421. The molecule has 1 saturated carbocycles. The molecule has 2 fully saturated rings. The van der Waals surface area contributed by atoms with E-state index in [9.17, 15) is 26.4 Å². The van der Waals surface area contributed by atoms with Crippen LogP contribution in [0.25, 0.3) is 5.57 Å². The van der Waals surface area contributed by atoms with Crippen LogP contribution in [0.5, 0.6) is 0 Å². The van der Waals surface area contributed by atoms with E-state index < -0.39 is 46.3 Å². The van der Waals surface area contributed by atoms with Crippen molar-refractivity contribution in [3.05, 3.63) is 56.4 Å². The minimum absolute atomic E-state index is 0.220. The van der Waals surface area contributed by atoms with Crippen molar-refractivity contribution in [1.82, 2.24) is 19.5 Å². The molecule has 2 N–H and O–H groups in total. The fourth-order valence-electron chi connectivity index (χ4n) is 5.91. The van der Waals surface area contributed by atoms with Gasteiger partial charge in [0.2, 0.25) is 16.0 Å². The second-order valence-corrected chi connectivity index (χ2v) is 13.9. The number of hydrogen-bond donors (Lipinski definition) is 2. The largest absolute Gasteiger partial charge is 0.390 e. The highest BCUT2D eigenvalue weighted by Gasteiger charge is 2.32. The molecule has 0 spiro atoms. The van der Waals surface area contributed by atoms with Gasteiger partial charge in [0, 0.05) is 35.3 Å². The third kappa shape index (κ3) is 7.42. The highest BCUT2D eigenvalue weighted by molar-refractivity contribution is 7.89. The second kappa shape index (κ2) is 12.8. The van der Waals surface area contributed by atoms with Crippen LogP contribution >= 0.6 is 0 Å². The summed E-state index contributed by atoms with van der Waals surface area (Å²) in [5.41, 5.74) is 0.654. The summed E-state index contributed by atoms with van der Waals surface area (Å²) in [6, 6.07) is 2.60. The maximum atomic E-state index is 15.0. The van der Waals surface area contributed by atoms with Gasteiger partial charge in [-0.3, -0.25) is 19.0 Å². The van der Waals surface area contributed by atoms with Crippen LogP contribution in [0.3, 0.4) is 0 Å². The molecule has 0 atom stereocenters. The number of aromatic nitrogens is 1. The predicted octanol–water partition coefficient (Wildman–Crippen LogP) is 2.31. The number of aliphatic imine (C=N–C) groups is 1. The Morgan fingerprint density at radius 2 is 1.84 bits per heavy atom. The average molecular weight is 643 g/mol. The first-order chi connectivity index (χ1) is 20.7. The molecule has 44 heavy (non-hydrogen) atoms. The standard InChI is InChI=1S/C29H38F4N6O4S/c1-17(2)39-26-19(14-34-28(36-26)35-20-5-7-21(8-6-20)38(3)22-15-43-16-22)12-23(27(39)40)18-4-9-25(24(30)13-18)37-44(41,42)11-10-29(31,32)33/h4,9,12,17,20-22,37H,5-8,10-11,13-16H2,1-3H3,(H,34,35). The number of guanidine groups is 1. The van der Waals surface area contributed by atoms with Crippen LogP contribution in [0.2, 0.25) is 0 Å². The van der Waals surface area contributed by atoms with Crippen molar-refractivity contribution < 1.29 is 30.7 Å². The minimum Gasteiger partial charge on any atom is -0.378 e. The molecule has 2 aliphatic carbocycles. The molecule has 1 aromatic heterocycles. The van der Waals surface area contributed by atoms with Gasteiger partial charge in [0.15, 0.2) is 0 Å². The molecule has 15 heteroatoms. The lowest BCUT2D eigenvalue weighted by Gasteiger charge is -2.42. The lowest BCUT2D eigenvalue weighted by Crippen LogP contribution is -2.53. The van der Waals surface area contributed by atoms with Crippen LogP contribution in [0.15, 0.2) is 44.5 Å². The predicted molar refractivity (Wildman–Crippen MR) is 157 cm³/mol. The Labute approximate surface area is 253 Å². The molecule has 5 rings (SSSR count). The Morgan fingerprint density at radius 3 is 2.43 bits per heavy atom. The number of pyridine rings is 1. The lowest BCUT2D eigenvalue weighted by molar-refractivity contribution is -0.129. The number of rotatable bonds is 8. The van der Waals surface area contributed by atoms with E-state index >= 15 is 4.39 Å². The number of fused-ring (bicyclic) bond motifs is 1. The van der Waals surface area contributed by atoms with Gasteiger partial charge >= 0.3 is 6.18 Å². The van der Waals surface area contributed by atoms with E-state index in [2.05, 4.69) is 22.3 Å². The van der Waals surface area contributed by atoms with Gasteiger partial charge in [-0.2, -0.15) is 18.2 Å². The number of allylic oxidation sites excluding steroid dienone is 3. The number of likely N-dealkylation sites (N-methyl/N-ethyl adjacent to an activating group) is 1. The minimum atomic E-state index is -4.66. The zero-order valence-corrected chi connectivity index (χ0v) is 25.8. The highest BCUT2D eigenvalue weighted by Crippen LogP contribution is 2.27. The number of nitrogens with zero attached hydrogens (tertiary/aromatic N) is 4. The molecule has 1 saturated heterocycles. The van der Waals surface area contributed by atoms with Crippen molar-refractivity contribution >= 4 is 21.6 Å². The fraction of sp³-hybridized carbons (Fsp3) is 0.621. The van der Waals surface area contributed by atoms with E-state index in [0.29, 0.717) is 34.7 Å². The van der Waals surface area contributed by atoms with Gasteiger partial charge in [0.25, 0.3) is 5.56 Å². The molecule has 2 aliphatic heterocycles. The molecule has 0 aromatic carbocycles. The third-order valence-corrected chi connectivity index (χ3v) is 9.84. The molecule has 1 aromatic rings. The van der Waals surface area contributed by atoms with Crippen LogP contribution in [0.4, 0.5) is 17.6 Å². The van der Waals surface area contributed by atoms with E-state index in [1.165, 1.54) is 6.08 Å². The van der Waals surface area contributed by atoms with Gasteiger partial charge in [0.1, 0.15) is 11.3 Å². The van der Waals surface area contributed by atoms with Gasteiger partial charge in [0.05, 0.1) is 43.7 Å². The third-order valence-electron chi connectivity index (χ3n) is 8.57. The Balaban J connectivity index is 1.33. The van der Waals surface area contributed by atoms with Crippen molar-refractivity contribution in [2.45, 2.75) is 89.3 Å². The van der Waals surface area contributed by atoms with Crippen LogP contribution < -0.4 is 26.3 Å². The summed E-state index contributed by atoms with van der Waals surface area (Å²) < 4.78 is 85.3. The zero-order valence-electron chi connectivity index (χ0n) is 25.0. The topological polar surface area (TPSA) is 117 Å². The second-order valence-electron chi connectivity index (χ2n) is 12.1. The molecule has 242 valence electrons. The molecule has 0 radical (unpaired) electrons. The first-order valence-corrected chi connectivity index (χ1v) is 16.5. The Bertz CT molecular complexity index is 1650. The molecule has 3 heterocycles. The highest BCUT2D eigenvalue weighted by atomic mass is 32.2. The number of hydrogen-bond acceptors (Lipinski definition) is 8. The van der Waals surface area contributed by atoms with Gasteiger partial charge < -0.3 is 10.1 Å². The van der Waals surface area contributed by atoms with Gasteiger partial charge in [-0.25, -0.2) is 17.8 Å². The maximum Gasteiger partial charge on any atom is 0.390 e. The molecule has 4 aliphatic rings. The zero-order chi connectivity index (χ0) is 31.8. The number of sulfonamides is 1. The number of alkyl halides is 3. The summed E-state index contributed by atoms with van der Waals surface area (Å²) in [6.45, 7) is 5.55. The van der Waals surface area contributed by atoms with E-state index in [-0.39, 0.29) is 29.4 Å². The SMILES string of the molecule is CC(C)n1c2c(cc(=C3C=CC(NS(=O)(=O)CCC(F)(F)F)=C(F)C3)c1=O)CN=C(NC1CCC(N(C)C3COC3)CC1)N=2. The molecular weight excluding hydrogens is 604 g/mol. The number of halogens is 4. The average Bonchev–Trinajstić information content (AvgIpc) is 2.91. The Kier molecular flexibility index (Phi) is 9.38. The summed E-state index contributed by atoms with van der Waals surface area (Å²) in [4.78, 5) is 25.4. The molecular formula is C29H38F4N6O4S. The van der Waals surface area contributed by atoms with Crippen molar-refractivity contribution in [3.63, 3.8) is 0 Å². The van der Waals surface area contributed by atoms with Crippen LogP contribution in [0.1, 0.15) is 64.0 Å². The molecule has 0 bridgehead atoms. The van der Waals surface area contributed by atoms with Gasteiger partial charge in [-0.15, -0.1) is 0 Å². The van der Waals surface area contributed by atoms with Crippen molar-refractivity contribution in [1.29, 1.82) is 0 Å². The molecule has 0 amide bonds. The number of nitrogens with one attached hydrogen (secondary N) is 2. The first kappa shape index (κ1) is 32.4. The monoisotopic (exact) mass is 642 g/mol. The van der Waals surface area contributed by atoms with E-state index in [4.69, 9.17) is 9.73 Å². The summed E-state index contributed by atoms with van der Waals surface area (Å²) >= 11 is 0. The molecule has 10 nitrogen and oxygen atoms in total. The number of ether oxygens (including phenoxy) is 1. The van der Waals surface area contributed by atoms with E-state index in [0.717, 1.165) is 45.0 Å². The summed E-state index contributed by atoms with van der Waals surface area (Å²) in [5, 5.41) is 3.69. The van der Waals surface area contributed by atoms with Crippen LogP contribution in [-0.4, -0.2) is 74.2 Å². The van der Waals surface area contributed by atoms with Gasteiger partial charge in [-0.1, -0.05) is 6.08 Å². The van der Waals surface area contributed by atoms with E-state index in [1.54, 1.807) is 10.6 Å². The van der Waals surface area contributed by atoms with Crippen molar-refractivity contribution in [3.8, 4) is 0 Å². The maximum absolute atomic E-state index is 15.0. The Morgan fingerprint density at radius 1 is 1.14 bits per heavy atom. The summed E-state index contributed by atoms with van der Waals surface area (Å²) in [6.07, 6.45) is -0.0295. The smallest absolute Gasteiger partial charge is 0.378 e. The van der Waals surface area contributed by atoms with Crippen molar-refractivity contribution in [2.75, 3.05) is 26.0 Å². The van der Waals surface area contributed by atoms with E-state index in [1.807, 2.05) is 18.6 Å². The van der Waals surface area contributed by atoms with Crippen LogP contribution in [0, 0.1) is 0 Å². The lowest BCUT2D eigenvalue weighted by atomic mass is 9.89. The fourth-order valence-corrected chi connectivity index (χ4v) is 7.03. The Hall–Kier alpha value is -3.04. The first-order valence-electron chi connectivity index (χ1n) is 14.8.